The van der Waals surface area contributed by atoms with Crippen LogP contribution < -0.4 is 4.90 Å². The van der Waals surface area contributed by atoms with Gasteiger partial charge in [0.05, 0.1) is 10.6 Å². The first-order chi connectivity index (χ1) is 11.9. The van der Waals surface area contributed by atoms with Gasteiger partial charge in [-0.3, -0.25) is 10.1 Å². The van der Waals surface area contributed by atoms with Gasteiger partial charge in [-0.15, -0.1) is 0 Å². The SMILES string of the molecule is CCN(CC1CCC1)c1ccc([N+](=O)[O-])cc1S(=O)(=O)N1CCCC1. The molecule has 0 radical (unpaired) electrons. The highest BCUT2D eigenvalue weighted by molar-refractivity contribution is 7.89. The number of benzene rings is 1. The predicted octanol–water partition coefficient (Wildman–Crippen LogP) is 3.01. The molecule has 1 heterocycles. The molecule has 1 aliphatic heterocycles. The monoisotopic (exact) mass is 367 g/mol. The highest BCUT2D eigenvalue weighted by atomic mass is 32.2. The lowest BCUT2D eigenvalue weighted by molar-refractivity contribution is -0.385. The summed E-state index contributed by atoms with van der Waals surface area (Å²) in [5.41, 5.74) is 0.410. The Kier molecular flexibility index (Phi) is 5.29. The molecule has 1 aliphatic carbocycles. The lowest BCUT2D eigenvalue weighted by Crippen LogP contribution is -2.35. The van der Waals surface area contributed by atoms with Gasteiger partial charge in [-0.1, -0.05) is 6.42 Å². The number of nitrogens with zero attached hydrogens (tertiary/aromatic N) is 3. The van der Waals surface area contributed by atoms with Gasteiger partial charge in [0.1, 0.15) is 4.90 Å². The van der Waals surface area contributed by atoms with Crippen LogP contribution in [-0.2, 0) is 10.0 Å². The maximum absolute atomic E-state index is 13.1. The first-order valence-corrected chi connectivity index (χ1v) is 10.4. The molecule has 0 bridgehead atoms. The van der Waals surface area contributed by atoms with Gasteiger partial charge in [-0.2, -0.15) is 4.31 Å². The van der Waals surface area contributed by atoms with Crippen molar-refractivity contribution in [1.29, 1.82) is 0 Å². The van der Waals surface area contributed by atoms with Crippen LogP contribution in [0, 0.1) is 16.0 Å². The maximum atomic E-state index is 13.1. The van der Waals surface area contributed by atoms with Crippen LogP contribution >= 0.6 is 0 Å². The first kappa shape index (κ1) is 18.1. The van der Waals surface area contributed by atoms with Gasteiger partial charge in [0.15, 0.2) is 0 Å². The summed E-state index contributed by atoms with van der Waals surface area (Å²) in [4.78, 5) is 12.8. The number of non-ortho nitro benzene ring substituents is 1. The number of anilines is 1. The number of hydrogen-bond donors (Lipinski definition) is 0. The highest BCUT2D eigenvalue weighted by Gasteiger charge is 2.33. The quantitative estimate of drug-likeness (QED) is 0.546. The van der Waals surface area contributed by atoms with E-state index in [0.29, 0.717) is 31.2 Å². The van der Waals surface area contributed by atoms with Gasteiger partial charge in [-0.25, -0.2) is 8.42 Å². The molecule has 0 unspecified atom stereocenters. The Labute approximate surface area is 148 Å². The smallest absolute Gasteiger partial charge is 0.270 e. The average Bonchev–Trinajstić information content (AvgIpc) is 3.09. The van der Waals surface area contributed by atoms with E-state index in [2.05, 4.69) is 4.90 Å². The zero-order valence-corrected chi connectivity index (χ0v) is 15.4. The summed E-state index contributed by atoms with van der Waals surface area (Å²) >= 11 is 0. The van der Waals surface area contributed by atoms with E-state index in [0.717, 1.165) is 32.2 Å². The van der Waals surface area contributed by atoms with Crippen molar-refractivity contribution in [2.24, 2.45) is 5.92 Å². The zero-order chi connectivity index (χ0) is 18.0. The van der Waals surface area contributed by atoms with E-state index in [1.807, 2.05) is 6.92 Å². The van der Waals surface area contributed by atoms with Gasteiger partial charge in [0.2, 0.25) is 10.0 Å². The van der Waals surface area contributed by atoms with Crippen molar-refractivity contribution in [2.75, 3.05) is 31.1 Å². The topological polar surface area (TPSA) is 83.8 Å². The minimum absolute atomic E-state index is 0.0739. The fourth-order valence-electron chi connectivity index (χ4n) is 3.54. The normalized spacial score (nSPS) is 18.9. The highest BCUT2D eigenvalue weighted by Crippen LogP contribution is 2.35. The van der Waals surface area contributed by atoms with E-state index < -0.39 is 14.9 Å². The standard InChI is InChI=1S/C17H25N3O4S/c1-2-18(13-14-6-5-7-14)16-9-8-15(20(21)22)12-17(16)25(23,24)19-10-3-4-11-19/h8-9,12,14H,2-7,10-11,13H2,1H3. The number of rotatable bonds is 7. The van der Waals surface area contributed by atoms with Crippen molar-refractivity contribution < 1.29 is 13.3 Å². The molecule has 0 aromatic heterocycles. The average molecular weight is 367 g/mol. The molecule has 0 atom stereocenters. The first-order valence-electron chi connectivity index (χ1n) is 8.97. The second kappa shape index (κ2) is 7.29. The maximum Gasteiger partial charge on any atom is 0.270 e. The molecule has 25 heavy (non-hydrogen) atoms. The van der Waals surface area contributed by atoms with Crippen LogP contribution in [0.5, 0.6) is 0 Å². The molecule has 1 saturated carbocycles. The second-order valence-electron chi connectivity index (χ2n) is 6.86. The van der Waals surface area contributed by atoms with Gasteiger partial charge < -0.3 is 4.90 Å². The summed E-state index contributed by atoms with van der Waals surface area (Å²) in [6, 6.07) is 4.23. The van der Waals surface area contributed by atoms with Crippen molar-refractivity contribution in [3.63, 3.8) is 0 Å². The Morgan fingerprint density at radius 1 is 1.24 bits per heavy atom. The van der Waals surface area contributed by atoms with Gasteiger partial charge in [0, 0.05) is 38.3 Å². The van der Waals surface area contributed by atoms with Crippen molar-refractivity contribution >= 4 is 21.4 Å². The third-order valence-corrected chi connectivity index (χ3v) is 7.19. The molecule has 1 saturated heterocycles. The van der Waals surface area contributed by atoms with Crippen molar-refractivity contribution in [3.05, 3.63) is 28.3 Å². The molecule has 2 aliphatic rings. The fourth-order valence-corrected chi connectivity index (χ4v) is 5.28. The molecule has 3 rings (SSSR count). The molecule has 2 fully saturated rings. The summed E-state index contributed by atoms with van der Waals surface area (Å²) in [6.45, 7) is 4.44. The van der Waals surface area contributed by atoms with Crippen LogP contribution in [0.15, 0.2) is 23.1 Å². The Morgan fingerprint density at radius 3 is 2.44 bits per heavy atom. The number of nitro groups is 1. The van der Waals surface area contributed by atoms with E-state index in [1.54, 1.807) is 6.07 Å². The molecule has 1 aromatic carbocycles. The lowest BCUT2D eigenvalue weighted by atomic mass is 9.85. The molecule has 138 valence electrons. The third kappa shape index (κ3) is 3.64. The van der Waals surface area contributed by atoms with Gasteiger partial charge in [0.25, 0.3) is 5.69 Å². The van der Waals surface area contributed by atoms with Crippen LogP contribution in [-0.4, -0.2) is 43.8 Å². The Bertz CT molecular complexity index is 740. The van der Waals surface area contributed by atoms with Gasteiger partial charge >= 0.3 is 0 Å². The molecule has 0 N–H and O–H groups in total. The summed E-state index contributed by atoms with van der Waals surface area (Å²) in [5, 5.41) is 11.2. The van der Waals surface area contributed by atoms with Crippen LogP contribution in [0.25, 0.3) is 0 Å². The molecule has 1 aromatic rings. The van der Waals surface area contributed by atoms with Crippen LogP contribution in [0.3, 0.4) is 0 Å². The molecular formula is C17H25N3O4S. The predicted molar refractivity (Wildman–Crippen MR) is 96.3 cm³/mol. The number of hydrogen-bond acceptors (Lipinski definition) is 5. The molecule has 0 amide bonds. The molecular weight excluding hydrogens is 342 g/mol. The van der Waals surface area contributed by atoms with Crippen molar-refractivity contribution in [3.8, 4) is 0 Å². The number of nitro benzene ring substituents is 1. The van der Waals surface area contributed by atoms with E-state index in [1.165, 1.54) is 22.9 Å². The minimum atomic E-state index is -3.72. The van der Waals surface area contributed by atoms with Crippen LogP contribution in [0.1, 0.15) is 39.0 Å². The molecule has 0 spiro atoms. The van der Waals surface area contributed by atoms with Crippen molar-refractivity contribution in [1.82, 2.24) is 4.31 Å². The van der Waals surface area contributed by atoms with Gasteiger partial charge in [-0.05, 0) is 44.6 Å². The summed E-state index contributed by atoms with van der Waals surface area (Å²) in [7, 11) is -3.72. The Morgan fingerprint density at radius 2 is 1.92 bits per heavy atom. The largest absolute Gasteiger partial charge is 0.370 e. The fraction of sp³-hybridized carbons (Fsp3) is 0.647. The summed E-state index contributed by atoms with van der Waals surface area (Å²) in [6.07, 6.45) is 5.23. The molecule has 8 heteroatoms. The van der Waals surface area contributed by atoms with Crippen molar-refractivity contribution in [2.45, 2.75) is 43.9 Å². The molecule has 7 nitrogen and oxygen atoms in total. The minimum Gasteiger partial charge on any atom is -0.370 e. The van der Waals surface area contributed by atoms with E-state index in [9.17, 15) is 18.5 Å². The van der Waals surface area contributed by atoms with Crippen LogP contribution in [0.2, 0.25) is 0 Å². The second-order valence-corrected chi connectivity index (χ2v) is 8.76. The third-order valence-electron chi connectivity index (χ3n) is 5.26. The van der Waals surface area contributed by atoms with E-state index in [-0.39, 0.29) is 10.6 Å². The Balaban J connectivity index is 2.02. The Hall–Kier alpha value is -1.67. The van der Waals surface area contributed by atoms with E-state index in [4.69, 9.17) is 0 Å². The van der Waals surface area contributed by atoms with E-state index >= 15 is 0 Å². The lowest BCUT2D eigenvalue weighted by Gasteiger charge is -2.34. The zero-order valence-electron chi connectivity index (χ0n) is 14.6. The van der Waals surface area contributed by atoms with Crippen LogP contribution in [0.4, 0.5) is 11.4 Å². The summed E-state index contributed by atoms with van der Waals surface area (Å²) in [5.74, 6) is 0.581. The number of sulfonamides is 1. The summed E-state index contributed by atoms with van der Waals surface area (Å²) < 4.78 is 27.6.